The summed E-state index contributed by atoms with van der Waals surface area (Å²) < 4.78 is 12.4. The molecule has 2 amide bonds. The Balaban J connectivity index is 1.34. The summed E-state index contributed by atoms with van der Waals surface area (Å²) in [5.74, 6) is 1.35. The van der Waals surface area contributed by atoms with Gasteiger partial charge in [0.15, 0.2) is 11.5 Å². The summed E-state index contributed by atoms with van der Waals surface area (Å²) in [5, 5.41) is 0. The Morgan fingerprint density at radius 2 is 1.97 bits per heavy atom. The number of ether oxygens (including phenoxy) is 2. The lowest BCUT2D eigenvalue weighted by atomic mass is 10.2. The second kappa shape index (κ2) is 8.05. The van der Waals surface area contributed by atoms with Crippen LogP contribution in [0.5, 0.6) is 11.5 Å². The van der Waals surface area contributed by atoms with Crippen LogP contribution < -0.4 is 20.3 Å². The van der Waals surface area contributed by atoms with Crippen molar-refractivity contribution in [3.63, 3.8) is 0 Å². The van der Waals surface area contributed by atoms with Gasteiger partial charge in [-0.2, -0.15) is 0 Å². The number of hydrazine groups is 1. The highest BCUT2D eigenvalue weighted by Crippen LogP contribution is 2.32. The smallest absolute Gasteiger partial charge is 0.262 e. The zero-order valence-corrected chi connectivity index (χ0v) is 15.8. The zero-order valence-electron chi connectivity index (χ0n) is 15.8. The van der Waals surface area contributed by atoms with Crippen molar-refractivity contribution >= 4 is 28.9 Å². The summed E-state index contributed by atoms with van der Waals surface area (Å²) in [5.41, 5.74) is 7.33. The second-order valence-electron chi connectivity index (χ2n) is 6.44. The van der Waals surface area contributed by atoms with E-state index in [1.807, 2.05) is 41.8 Å². The van der Waals surface area contributed by atoms with E-state index in [9.17, 15) is 9.59 Å². The second-order valence-corrected chi connectivity index (χ2v) is 6.44. The third-order valence-electron chi connectivity index (χ3n) is 4.50. The van der Waals surface area contributed by atoms with Gasteiger partial charge in [0.05, 0.1) is 11.0 Å². The number of hydrogen-bond acceptors (Lipinski definition) is 5. The summed E-state index contributed by atoms with van der Waals surface area (Å²) >= 11 is 0. The number of aryl methyl sites for hydroxylation is 1. The van der Waals surface area contributed by atoms with Gasteiger partial charge in [-0.15, -0.1) is 0 Å². The SMILES string of the molecule is CCc1nc2ccccc2n1CC(=O)NNC(=O)/C=C/c1ccc2c(c1)OCO2. The number of nitrogens with zero attached hydrogens (tertiary/aromatic N) is 2. The van der Waals surface area contributed by atoms with Crippen LogP contribution in [0, 0.1) is 0 Å². The van der Waals surface area contributed by atoms with Gasteiger partial charge in [0, 0.05) is 12.5 Å². The Labute approximate surface area is 167 Å². The summed E-state index contributed by atoms with van der Waals surface area (Å²) in [7, 11) is 0. The van der Waals surface area contributed by atoms with Gasteiger partial charge >= 0.3 is 0 Å². The molecule has 8 heteroatoms. The summed E-state index contributed by atoms with van der Waals surface area (Å²) in [4.78, 5) is 28.8. The minimum absolute atomic E-state index is 0.0653. The minimum Gasteiger partial charge on any atom is -0.454 e. The van der Waals surface area contributed by atoms with Gasteiger partial charge in [-0.3, -0.25) is 20.4 Å². The molecule has 0 saturated carbocycles. The first-order chi connectivity index (χ1) is 14.1. The number of aromatic nitrogens is 2. The van der Waals surface area contributed by atoms with E-state index in [2.05, 4.69) is 15.8 Å². The van der Waals surface area contributed by atoms with Crippen molar-refractivity contribution in [2.45, 2.75) is 19.9 Å². The van der Waals surface area contributed by atoms with E-state index in [1.54, 1.807) is 18.2 Å². The van der Waals surface area contributed by atoms with Crippen molar-refractivity contribution in [3.05, 3.63) is 59.9 Å². The topological polar surface area (TPSA) is 94.5 Å². The Bertz CT molecular complexity index is 1100. The highest BCUT2D eigenvalue weighted by atomic mass is 16.7. The molecule has 0 bridgehead atoms. The molecule has 3 aromatic rings. The maximum absolute atomic E-state index is 12.3. The van der Waals surface area contributed by atoms with Gasteiger partial charge in [0.1, 0.15) is 12.4 Å². The lowest BCUT2D eigenvalue weighted by Crippen LogP contribution is -2.42. The highest BCUT2D eigenvalue weighted by Gasteiger charge is 2.13. The van der Waals surface area contributed by atoms with Gasteiger partial charge < -0.3 is 14.0 Å². The molecule has 0 aliphatic carbocycles. The lowest BCUT2D eigenvalue weighted by Gasteiger charge is -2.09. The van der Waals surface area contributed by atoms with E-state index < -0.39 is 5.91 Å². The van der Waals surface area contributed by atoms with Gasteiger partial charge in [-0.05, 0) is 35.9 Å². The Morgan fingerprint density at radius 1 is 1.14 bits per heavy atom. The molecule has 0 saturated heterocycles. The Morgan fingerprint density at radius 3 is 2.83 bits per heavy atom. The molecule has 8 nitrogen and oxygen atoms in total. The lowest BCUT2D eigenvalue weighted by molar-refractivity contribution is -0.127. The van der Waals surface area contributed by atoms with Crippen molar-refractivity contribution in [2.24, 2.45) is 0 Å². The van der Waals surface area contributed by atoms with Crippen molar-refractivity contribution < 1.29 is 19.1 Å². The third-order valence-corrected chi connectivity index (χ3v) is 4.50. The van der Waals surface area contributed by atoms with E-state index in [4.69, 9.17) is 9.47 Å². The molecule has 0 radical (unpaired) electrons. The van der Waals surface area contributed by atoms with Gasteiger partial charge in [-0.25, -0.2) is 4.98 Å². The van der Waals surface area contributed by atoms with Crippen LogP contribution in [0.25, 0.3) is 17.1 Å². The monoisotopic (exact) mass is 392 g/mol. The average Bonchev–Trinajstić information content (AvgIpc) is 3.35. The molecule has 1 aliphatic rings. The number of nitrogens with one attached hydrogen (secondary N) is 2. The first-order valence-corrected chi connectivity index (χ1v) is 9.24. The van der Waals surface area contributed by atoms with Crippen LogP contribution in [-0.4, -0.2) is 28.2 Å². The molecule has 2 heterocycles. The molecule has 0 unspecified atom stereocenters. The predicted molar refractivity (Wildman–Crippen MR) is 107 cm³/mol. The molecule has 2 N–H and O–H groups in total. The Kier molecular flexibility index (Phi) is 5.15. The largest absolute Gasteiger partial charge is 0.454 e. The van der Waals surface area contributed by atoms with Crippen molar-refractivity contribution in [2.75, 3.05) is 6.79 Å². The van der Waals surface area contributed by atoms with Gasteiger partial charge in [0.2, 0.25) is 6.79 Å². The minimum atomic E-state index is -0.442. The molecule has 1 aromatic heterocycles. The average molecular weight is 392 g/mol. The number of carbonyl (C=O) groups is 2. The van der Waals surface area contributed by atoms with Gasteiger partial charge in [0.25, 0.3) is 11.8 Å². The van der Waals surface area contributed by atoms with Crippen LogP contribution in [0.4, 0.5) is 0 Å². The first kappa shape index (κ1) is 18.5. The molecule has 29 heavy (non-hydrogen) atoms. The predicted octanol–water partition coefficient (Wildman–Crippen LogP) is 2.19. The van der Waals surface area contributed by atoms with Crippen LogP contribution in [0.1, 0.15) is 18.3 Å². The standard InChI is InChI=1S/C21H20N4O4/c1-2-19-22-15-5-3-4-6-16(15)25(19)12-21(27)24-23-20(26)10-8-14-7-9-17-18(11-14)29-13-28-17/h3-11H,2,12-13H2,1H3,(H,23,26)(H,24,27)/b10-8+. The van der Waals surface area contributed by atoms with Crippen molar-refractivity contribution in [3.8, 4) is 11.5 Å². The van der Waals surface area contributed by atoms with E-state index in [0.717, 1.165) is 22.4 Å². The number of carbonyl (C=O) groups excluding carboxylic acids is 2. The van der Waals surface area contributed by atoms with E-state index in [1.165, 1.54) is 6.08 Å². The third kappa shape index (κ3) is 4.06. The van der Waals surface area contributed by atoms with Crippen LogP contribution in [0.3, 0.4) is 0 Å². The van der Waals surface area contributed by atoms with Crippen LogP contribution in [0.2, 0.25) is 0 Å². The molecule has 148 valence electrons. The summed E-state index contributed by atoms with van der Waals surface area (Å²) in [6, 6.07) is 13.0. The van der Waals surface area contributed by atoms with E-state index >= 15 is 0 Å². The summed E-state index contributed by atoms with van der Waals surface area (Å²) in [6.07, 6.45) is 3.66. The molecule has 2 aromatic carbocycles. The molecule has 1 aliphatic heterocycles. The number of fused-ring (bicyclic) bond motifs is 2. The van der Waals surface area contributed by atoms with Crippen molar-refractivity contribution in [1.29, 1.82) is 0 Å². The van der Waals surface area contributed by atoms with Crippen LogP contribution in [0.15, 0.2) is 48.5 Å². The van der Waals surface area contributed by atoms with E-state index in [0.29, 0.717) is 17.9 Å². The maximum Gasteiger partial charge on any atom is 0.262 e. The maximum atomic E-state index is 12.3. The molecule has 4 rings (SSSR count). The molecular formula is C21H20N4O4. The number of imidazole rings is 1. The Hall–Kier alpha value is -3.81. The molecule has 0 atom stereocenters. The van der Waals surface area contributed by atoms with Crippen LogP contribution >= 0.6 is 0 Å². The normalized spacial score (nSPS) is 12.4. The number of rotatable bonds is 5. The number of hydrogen-bond donors (Lipinski definition) is 2. The van der Waals surface area contributed by atoms with Crippen LogP contribution in [-0.2, 0) is 22.6 Å². The van der Waals surface area contributed by atoms with Gasteiger partial charge in [-0.1, -0.05) is 25.1 Å². The van der Waals surface area contributed by atoms with E-state index in [-0.39, 0.29) is 19.2 Å². The molecule has 0 spiro atoms. The fourth-order valence-corrected chi connectivity index (χ4v) is 3.12. The fraction of sp³-hybridized carbons (Fsp3) is 0.190. The number of amides is 2. The fourth-order valence-electron chi connectivity index (χ4n) is 3.12. The van der Waals surface area contributed by atoms with Crippen molar-refractivity contribution in [1.82, 2.24) is 20.4 Å². The quantitative estimate of drug-likeness (QED) is 0.513. The number of para-hydroxylation sites is 2. The summed E-state index contributed by atoms with van der Waals surface area (Å²) in [6.45, 7) is 2.25. The number of benzene rings is 2. The molecular weight excluding hydrogens is 372 g/mol. The first-order valence-electron chi connectivity index (χ1n) is 9.24. The molecule has 0 fully saturated rings. The zero-order chi connectivity index (χ0) is 20.2. The highest BCUT2D eigenvalue weighted by molar-refractivity contribution is 5.93.